The summed E-state index contributed by atoms with van der Waals surface area (Å²) in [6, 6.07) is 6.61. The Morgan fingerprint density at radius 3 is 1.80 bits per heavy atom. The van der Waals surface area contributed by atoms with Gasteiger partial charge < -0.3 is 25.0 Å². The first-order valence-corrected chi connectivity index (χ1v) is 13.2. The molecule has 2 aromatic rings. The van der Waals surface area contributed by atoms with Crippen molar-refractivity contribution in [2.75, 3.05) is 40.4 Å². The number of carbonyl (C=O) groups is 3. The fourth-order valence-corrected chi connectivity index (χ4v) is 4.07. The highest BCUT2D eigenvalue weighted by Crippen LogP contribution is 2.22. The maximum absolute atomic E-state index is 10.6. The fourth-order valence-electron chi connectivity index (χ4n) is 3.13. The summed E-state index contributed by atoms with van der Waals surface area (Å²) in [6.07, 6.45) is -13.3. The van der Waals surface area contributed by atoms with Gasteiger partial charge >= 0.3 is 36.4 Å². The molecule has 0 fully saturated rings. The number of likely N-dealkylation sites (N-methyl/N-ethyl adjacent to an activating group) is 1. The van der Waals surface area contributed by atoms with Gasteiger partial charge in [-0.25, -0.2) is 14.4 Å². The van der Waals surface area contributed by atoms with E-state index in [1.165, 1.54) is 15.4 Å². The van der Waals surface area contributed by atoms with E-state index in [1.807, 2.05) is 17.5 Å². The smallest absolute Gasteiger partial charge is 0.475 e. The molecule has 45 heavy (non-hydrogen) atoms. The molecule has 0 spiro atoms. The number of nitrogens with zero attached hydrogens (tertiary/aromatic N) is 4. The highest BCUT2D eigenvalue weighted by Gasteiger charge is 2.39. The molecule has 0 amide bonds. The normalized spacial score (nSPS) is 15.3. The monoisotopic (exact) mass is 690 g/mol. The average Bonchev–Trinajstić information content (AvgIpc) is 3.44. The van der Waals surface area contributed by atoms with E-state index in [2.05, 4.69) is 58.8 Å². The van der Waals surface area contributed by atoms with Gasteiger partial charge in [0.25, 0.3) is 0 Å². The Bertz CT molecular complexity index is 1140. The van der Waals surface area contributed by atoms with Crippen LogP contribution in [0.5, 0.6) is 0 Å². The average molecular weight is 691 g/mol. The Balaban J connectivity index is 0.000000753. The second kappa shape index (κ2) is 18.5. The first kappa shape index (κ1) is 41.6. The van der Waals surface area contributed by atoms with Crippen molar-refractivity contribution in [1.82, 2.24) is 19.6 Å². The van der Waals surface area contributed by atoms with Gasteiger partial charge in [0.1, 0.15) is 0 Å². The minimum absolute atomic E-state index is 0.481. The first-order chi connectivity index (χ1) is 20.4. The maximum atomic E-state index is 10.6. The molecule has 1 unspecified atom stereocenters. The Labute approximate surface area is 254 Å². The molecule has 21 heteroatoms. The number of hydrogen-bond acceptors (Lipinski definition) is 8. The molecule has 3 rings (SSSR count). The molecule has 1 aliphatic heterocycles. The second-order valence-corrected chi connectivity index (χ2v) is 10.7. The highest BCUT2D eigenvalue weighted by molar-refractivity contribution is 7.11. The van der Waals surface area contributed by atoms with E-state index in [4.69, 9.17) is 34.4 Å². The van der Waals surface area contributed by atoms with Crippen molar-refractivity contribution < 1.29 is 74.0 Å². The van der Waals surface area contributed by atoms with Crippen LogP contribution in [0.2, 0.25) is 0 Å². The molecule has 1 atom stereocenters. The molecular weight excluding hydrogens is 659 g/mol. The predicted octanol–water partition coefficient (Wildman–Crippen LogP) is 4.36. The van der Waals surface area contributed by atoms with Gasteiger partial charge in [0.2, 0.25) is 0 Å². The number of carboxylic acid groups (broad SMARTS) is 3. The topological polar surface area (TPSA) is 145 Å². The first-order valence-electron chi connectivity index (χ1n) is 12.3. The minimum Gasteiger partial charge on any atom is -0.475 e. The van der Waals surface area contributed by atoms with Crippen molar-refractivity contribution >= 4 is 29.2 Å². The van der Waals surface area contributed by atoms with Crippen LogP contribution in [0.25, 0.3) is 0 Å². The van der Waals surface area contributed by atoms with Crippen molar-refractivity contribution in [3.05, 3.63) is 39.8 Å². The number of aliphatic carboxylic acids is 3. The van der Waals surface area contributed by atoms with Gasteiger partial charge in [-0.15, -0.1) is 11.3 Å². The van der Waals surface area contributed by atoms with Gasteiger partial charge in [0.05, 0.1) is 18.9 Å². The van der Waals surface area contributed by atoms with Gasteiger partial charge in [-0.2, -0.15) is 44.6 Å². The van der Waals surface area contributed by atoms with Crippen LogP contribution >= 0.6 is 11.3 Å². The van der Waals surface area contributed by atoms with E-state index >= 15 is 0 Å². The van der Waals surface area contributed by atoms with Crippen molar-refractivity contribution in [3.8, 4) is 0 Å². The summed E-state index contributed by atoms with van der Waals surface area (Å²) in [5, 5.41) is 25.9. The van der Waals surface area contributed by atoms with Crippen molar-refractivity contribution in [2.24, 2.45) is 5.92 Å². The summed E-state index contributed by atoms with van der Waals surface area (Å²) in [6.45, 7) is 8.72. The number of thiophene rings is 1. The zero-order chi connectivity index (χ0) is 35.2. The molecule has 11 nitrogen and oxygen atoms in total. The quantitative estimate of drug-likeness (QED) is 0.283. The standard InChI is InChI=1S/C18H28N4OS.3C2HF3O2/c1-15-4-5-18(24-15)13-21-10-16(14-23-9-8-20(2)3)11-22-17(12-21)6-7-19-22;3*3-2(4,5)1(6)7/h4-7,16H,8-14H2,1-3H3;3*(H,6,7). The summed E-state index contributed by atoms with van der Waals surface area (Å²) in [5.41, 5.74) is 1.30. The van der Waals surface area contributed by atoms with Crippen LogP contribution in [-0.2, 0) is 38.8 Å². The molecule has 0 saturated carbocycles. The van der Waals surface area contributed by atoms with E-state index in [0.717, 1.165) is 45.9 Å². The Morgan fingerprint density at radius 2 is 1.40 bits per heavy atom. The van der Waals surface area contributed by atoms with Crippen LogP contribution in [0, 0.1) is 12.8 Å². The zero-order valence-electron chi connectivity index (χ0n) is 23.9. The molecule has 258 valence electrons. The molecule has 0 aliphatic carbocycles. The summed E-state index contributed by atoms with van der Waals surface area (Å²) in [5.74, 6) is -7.79. The lowest BCUT2D eigenvalue weighted by Gasteiger charge is -2.23. The molecule has 0 saturated heterocycles. The zero-order valence-corrected chi connectivity index (χ0v) is 24.7. The second-order valence-electron chi connectivity index (χ2n) is 9.34. The van der Waals surface area contributed by atoms with E-state index in [1.54, 1.807) is 0 Å². The lowest BCUT2D eigenvalue weighted by atomic mass is 10.1. The number of rotatable bonds is 7. The summed E-state index contributed by atoms with van der Waals surface area (Å²) < 4.78 is 103. The lowest BCUT2D eigenvalue weighted by molar-refractivity contribution is -0.193. The summed E-state index contributed by atoms with van der Waals surface area (Å²) in [7, 11) is 4.16. The molecule has 0 aromatic carbocycles. The van der Waals surface area contributed by atoms with Gasteiger partial charge in [0.15, 0.2) is 0 Å². The fraction of sp³-hybridized carbons (Fsp3) is 0.583. The van der Waals surface area contributed by atoms with Gasteiger partial charge in [-0.3, -0.25) is 9.58 Å². The van der Waals surface area contributed by atoms with E-state index in [9.17, 15) is 39.5 Å². The number of carboxylic acids is 3. The lowest BCUT2D eigenvalue weighted by Crippen LogP contribution is -2.30. The Hall–Kier alpha value is -3.43. The van der Waals surface area contributed by atoms with Gasteiger partial charge in [-0.1, -0.05) is 0 Å². The van der Waals surface area contributed by atoms with E-state index in [-0.39, 0.29) is 0 Å². The third-order valence-corrected chi connectivity index (χ3v) is 6.06. The number of hydrogen-bond donors (Lipinski definition) is 3. The SMILES string of the molecule is Cc1ccc(CN2Cc3ccnn3CC(COCCN(C)C)C2)s1.O=C(O)C(F)(F)F.O=C(O)C(F)(F)F.O=C(O)C(F)(F)F. The molecule has 3 heterocycles. The summed E-state index contributed by atoms with van der Waals surface area (Å²) in [4.78, 5) is 34.2. The number of aryl methyl sites for hydroxylation is 1. The van der Waals surface area contributed by atoms with Crippen LogP contribution in [0.1, 0.15) is 15.4 Å². The van der Waals surface area contributed by atoms with Crippen LogP contribution < -0.4 is 0 Å². The maximum Gasteiger partial charge on any atom is 0.490 e. The largest absolute Gasteiger partial charge is 0.490 e. The molecule has 0 bridgehead atoms. The van der Waals surface area contributed by atoms with Gasteiger partial charge in [-0.05, 0) is 39.2 Å². The highest BCUT2D eigenvalue weighted by atomic mass is 32.1. The molecule has 0 radical (unpaired) electrons. The van der Waals surface area contributed by atoms with Crippen LogP contribution in [0.15, 0.2) is 24.4 Å². The minimum atomic E-state index is -5.08. The predicted molar refractivity (Wildman–Crippen MR) is 139 cm³/mol. The molecule has 2 aromatic heterocycles. The van der Waals surface area contributed by atoms with Crippen LogP contribution in [0.4, 0.5) is 39.5 Å². The Kier molecular flexibility index (Phi) is 17.1. The van der Waals surface area contributed by atoms with Crippen LogP contribution in [-0.4, -0.2) is 112 Å². The Morgan fingerprint density at radius 1 is 0.911 bits per heavy atom. The molecule has 1 aliphatic rings. The number of alkyl halides is 9. The third-order valence-electron chi connectivity index (χ3n) is 5.08. The third kappa shape index (κ3) is 18.9. The van der Waals surface area contributed by atoms with Gasteiger partial charge in [0, 0.05) is 54.6 Å². The number of halogens is 9. The number of fused-ring (bicyclic) bond motifs is 1. The van der Waals surface area contributed by atoms with Crippen molar-refractivity contribution in [1.29, 1.82) is 0 Å². The summed E-state index contributed by atoms with van der Waals surface area (Å²) >= 11 is 1.90. The van der Waals surface area contributed by atoms with Crippen LogP contribution in [0.3, 0.4) is 0 Å². The molecule has 3 N–H and O–H groups in total. The molecular formula is C24H31F9N4O7S. The van der Waals surface area contributed by atoms with E-state index in [0.29, 0.717) is 5.92 Å². The number of ether oxygens (including phenoxy) is 1. The van der Waals surface area contributed by atoms with E-state index < -0.39 is 36.4 Å². The number of aromatic nitrogens is 2. The van der Waals surface area contributed by atoms with Crippen molar-refractivity contribution in [3.63, 3.8) is 0 Å². The van der Waals surface area contributed by atoms with Crippen molar-refractivity contribution in [2.45, 2.75) is 45.1 Å².